The van der Waals surface area contributed by atoms with Crippen LogP contribution in [0.5, 0.6) is 0 Å². The lowest BCUT2D eigenvalue weighted by Crippen LogP contribution is -2.53. The third-order valence-corrected chi connectivity index (χ3v) is 8.86. The molecule has 7 nitrogen and oxygen atoms in total. The van der Waals surface area contributed by atoms with Gasteiger partial charge in [0.2, 0.25) is 11.8 Å². The molecule has 1 N–H and O–H groups in total. The van der Waals surface area contributed by atoms with Crippen LogP contribution < -0.4 is 9.62 Å². The first kappa shape index (κ1) is 31.5. The number of hydrogen-bond acceptors (Lipinski definition) is 4. The Morgan fingerprint density at radius 3 is 2.15 bits per heavy atom. The van der Waals surface area contributed by atoms with Crippen molar-refractivity contribution in [3.8, 4) is 0 Å². The Balaban J connectivity index is 2.08. The van der Waals surface area contributed by atoms with Gasteiger partial charge >= 0.3 is 0 Å². The molecule has 1 unspecified atom stereocenters. The summed E-state index contributed by atoms with van der Waals surface area (Å²) < 4.78 is 28.9. The summed E-state index contributed by atoms with van der Waals surface area (Å²) in [5, 5.41) is 3.56. The Morgan fingerprint density at radius 2 is 1.57 bits per heavy atom. The van der Waals surface area contributed by atoms with E-state index in [0.717, 1.165) is 15.4 Å². The minimum Gasteiger partial charge on any atom is -0.352 e. The standard InChI is InChI=1S/C30H35Cl2N3O4S/c1-6-28(30(37)33-20(2)3)34(18-23-12-15-26(31)27(32)17-23)29(36)19-35(24-9-7-8-22(5)16-24)40(38,39)25-13-10-21(4)11-14-25/h7-17,20,28H,6,18-19H2,1-5H3,(H,33,37). The average Bonchev–Trinajstić information content (AvgIpc) is 2.88. The molecular weight excluding hydrogens is 569 g/mol. The fourth-order valence-corrected chi connectivity index (χ4v) is 6.01. The Bertz CT molecular complexity index is 1460. The summed E-state index contributed by atoms with van der Waals surface area (Å²) in [7, 11) is -4.13. The monoisotopic (exact) mass is 603 g/mol. The summed E-state index contributed by atoms with van der Waals surface area (Å²) in [5.74, 6) is -0.858. The molecule has 0 fully saturated rings. The average molecular weight is 605 g/mol. The number of amides is 2. The zero-order chi connectivity index (χ0) is 29.6. The topological polar surface area (TPSA) is 86.8 Å². The predicted octanol–water partition coefficient (Wildman–Crippen LogP) is 6.14. The van der Waals surface area contributed by atoms with Gasteiger partial charge in [0.15, 0.2) is 0 Å². The van der Waals surface area contributed by atoms with Crippen molar-refractivity contribution in [1.82, 2.24) is 10.2 Å². The fraction of sp³-hybridized carbons (Fsp3) is 0.333. The Kier molecular flexibility index (Phi) is 10.6. The molecule has 10 heteroatoms. The molecule has 40 heavy (non-hydrogen) atoms. The third kappa shape index (κ3) is 7.77. The summed E-state index contributed by atoms with van der Waals surface area (Å²) in [6.45, 7) is 8.72. The largest absolute Gasteiger partial charge is 0.352 e. The second-order valence-electron chi connectivity index (χ2n) is 10.0. The number of halogens is 2. The van der Waals surface area contributed by atoms with Crippen molar-refractivity contribution in [1.29, 1.82) is 0 Å². The molecule has 2 amide bonds. The molecule has 3 aromatic rings. The third-order valence-electron chi connectivity index (χ3n) is 6.33. The highest BCUT2D eigenvalue weighted by Crippen LogP contribution is 2.27. The van der Waals surface area contributed by atoms with Crippen molar-refractivity contribution in [3.63, 3.8) is 0 Å². The van der Waals surface area contributed by atoms with Crippen LogP contribution in [0.2, 0.25) is 10.0 Å². The van der Waals surface area contributed by atoms with E-state index in [0.29, 0.717) is 27.7 Å². The summed E-state index contributed by atoms with van der Waals surface area (Å²) in [6.07, 6.45) is 0.320. The van der Waals surface area contributed by atoms with E-state index >= 15 is 0 Å². The van der Waals surface area contributed by atoms with Gasteiger partial charge in [-0.15, -0.1) is 0 Å². The maximum Gasteiger partial charge on any atom is 0.264 e. The van der Waals surface area contributed by atoms with Gasteiger partial charge in [-0.2, -0.15) is 0 Å². The van der Waals surface area contributed by atoms with Crippen molar-refractivity contribution in [2.24, 2.45) is 0 Å². The highest BCUT2D eigenvalue weighted by molar-refractivity contribution is 7.92. The molecule has 0 aliphatic heterocycles. The summed E-state index contributed by atoms with van der Waals surface area (Å²) in [5.41, 5.74) is 2.75. The highest BCUT2D eigenvalue weighted by atomic mass is 35.5. The van der Waals surface area contributed by atoms with Gasteiger partial charge in [-0.05, 0) is 81.6 Å². The Labute approximate surface area is 247 Å². The van der Waals surface area contributed by atoms with Crippen LogP contribution in [0.3, 0.4) is 0 Å². The molecule has 3 aromatic carbocycles. The van der Waals surface area contributed by atoms with Crippen molar-refractivity contribution < 1.29 is 18.0 Å². The van der Waals surface area contributed by atoms with Gasteiger partial charge in [-0.25, -0.2) is 8.42 Å². The SMILES string of the molecule is CCC(C(=O)NC(C)C)N(Cc1ccc(Cl)c(Cl)c1)C(=O)CN(c1cccc(C)c1)S(=O)(=O)c1ccc(C)cc1. The zero-order valence-electron chi connectivity index (χ0n) is 23.3. The molecule has 0 radical (unpaired) electrons. The lowest BCUT2D eigenvalue weighted by molar-refractivity contribution is -0.140. The summed E-state index contributed by atoms with van der Waals surface area (Å²) >= 11 is 12.3. The fourth-order valence-electron chi connectivity index (χ4n) is 4.28. The number of hydrogen-bond donors (Lipinski definition) is 1. The van der Waals surface area contributed by atoms with Crippen LogP contribution in [-0.4, -0.2) is 43.8 Å². The number of nitrogens with zero attached hydrogens (tertiary/aromatic N) is 2. The van der Waals surface area contributed by atoms with E-state index in [1.54, 1.807) is 55.5 Å². The van der Waals surface area contributed by atoms with Gasteiger partial charge in [-0.1, -0.05) is 66.0 Å². The van der Waals surface area contributed by atoms with Crippen LogP contribution in [0.15, 0.2) is 71.6 Å². The quantitative estimate of drug-likeness (QED) is 0.285. The molecule has 0 aliphatic carbocycles. The van der Waals surface area contributed by atoms with Crippen LogP contribution in [0.25, 0.3) is 0 Å². The molecule has 0 bridgehead atoms. The Hall–Kier alpha value is -3.07. The van der Waals surface area contributed by atoms with E-state index in [-0.39, 0.29) is 23.4 Å². The smallest absolute Gasteiger partial charge is 0.264 e. The van der Waals surface area contributed by atoms with E-state index in [9.17, 15) is 18.0 Å². The van der Waals surface area contributed by atoms with Crippen LogP contribution in [0, 0.1) is 13.8 Å². The molecule has 1 atom stereocenters. The maximum atomic E-state index is 14.1. The number of carbonyl (C=O) groups excluding carboxylic acids is 2. The van der Waals surface area contributed by atoms with Crippen LogP contribution in [0.4, 0.5) is 5.69 Å². The number of sulfonamides is 1. The van der Waals surface area contributed by atoms with E-state index in [1.807, 2.05) is 33.8 Å². The van der Waals surface area contributed by atoms with Crippen molar-refractivity contribution >= 4 is 50.7 Å². The normalized spacial score (nSPS) is 12.2. The van der Waals surface area contributed by atoms with E-state index in [1.165, 1.54) is 17.0 Å². The first-order chi connectivity index (χ1) is 18.8. The van der Waals surface area contributed by atoms with Crippen molar-refractivity contribution in [3.05, 3.63) is 93.5 Å². The maximum absolute atomic E-state index is 14.1. The van der Waals surface area contributed by atoms with E-state index in [4.69, 9.17) is 23.2 Å². The van der Waals surface area contributed by atoms with Crippen molar-refractivity contribution in [2.75, 3.05) is 10.8 Å². The van der Waals surface area contributed by atoms with Gasteiger partial charge in [-0.3, -0.25) is 13.9 Å². The molecular formula is C30H35Cl2N3O4S. The number of rotatable bonds is 11. The molecule has 0 spiro atoms. The first-order valence-corrected chi connectivity index (χ1v) is 15.2. The van der Waals surface area contributed by atoms with Gasteiger partial charge in [0.05, 0.1) is 20.6 Å². The molecule has 0 aliphatic rings. The van der Waals surface area contributed by atoms with Crippen molar-refractivity contribution in [2.45, 2.75) is 64.6 Å². The van der Waals surface area contributed by atoms with Crippen LogP contribution in [-0.2, 0) is 26.2 Å². The number of anilines is 1. The predicted molar refractivity (Wildman–Crippen MR) is 161 cm³/mol. The second kappa shape index (κ2) is 13.5. The lowest BCUT2D eigenvalue weighted by atomic mass is 10.1. The molecule has 3 rings (SSSR count). The van der Waals surface area contributed by atoms with E-state index in [2.05, 4.69) is 5.32 Å². The highest BCUT2D eigenvalue weighted by Gasteiger charge is 2.34. The molecule has 0 aromatic heterocycles. The number of aryl methyl sites for hydroxylation is 2. The lowest BCUT2D eigenvalue weighted by Gasteiger charge is -2.33. The second-order valence-corrected chi connectivity index (χ2v) is 12.7. The molecule has 0 heterocycles. The zero-order valence-corrected chi connectivity index (χ0v) is 25.6. The molecule has 0 saturated carbocycles. The number of carbonyl (C=O) groups is 2. The first-order valence-electron chi connectivity index (χ1n) is 13.0. The summed E-state index contributed by atoms with van der Waals surface area (Å²) in [4.78, 5) is 28.8. The van der Waals surface area contributed by atoms with Gasteiger partial charge in [0, 0.05) is 12.6 Å². The van der Waals surface area contributed by atoms with Crippen LogP contribution in [0.1, 0.15) is 43.9 Å². The molecule has 214 valence electrons. The molecule has 0 saturated heterocycles. The minimum atomic E-state index is -4.13. The Morgan fingerprint density at radius 1 is 0.900 bits per heavy atom. The van der Waals surface area contributed by atoms with Gasteiger partial charge in [0.25, 0.3) is 10.0 Å². The van der Waals surface area contributed by atoms with Crippen LogP contribution >= 0.6 is 23.2 Å². The van der Waals surface area contributed by atoms with Gasteiger partial charge < -0.3 is 10.2 Å². The van der Waals surface area contributed by atoms with Gasteiger partial charge in [0.1, 0.15) is 12.6 Å². The minimum absolute atomic E-state index is 0.0337. The summed E-state index contributed by atoms with van der Waals surface area (Å²) in [6, 6.07) is 17.4. The van der Waals surface area contributed by atoms with E-state index < -0.39 is 28.5 Å². The number of nitrogens with one attached hydrogen (secondary N) is 1. The number of benzene rings is 3.